The molecule has 0 saturated carbocycles. The lowest BCUT2D eigenvalue weighted by molar-refractivity contribution is -0.141. The minimum absolute atomic E-state index is 0.0658. The minimum atomic E-state index is -4.52. The lowest BCUT2D eigenvalue weighted by atomic mass is 9.79. The van der Waals surface area contributed by atoms with E-state index in [1.165, 1.54) is 6.20 Å². The van der Waals surface area contributed by atoms with E-state index in [1.807, 2.05) is 4.90 Å². The van der Waals surface area contributed by atoms with Crippen LogP contribution in [0.1, 0.15) is 12.1 Å². The number of aromatic nitrogens is 6. The molecule has 0 atom stereocenters. The van der Waals surface area contributed by atoms with Crippen molar-refractivity contribution in [1.82, 2.24) is 29.7 Å². The summed E-state index contributed by atoms with van der Waals surface area (Å²) in [5.41, 5.74) is -0.339. The third-order valence-corrected chi connectivity index (χ3v) is 5.67. The zero-order chi connectivity index (χ0) is 21.8. The number of halogens is 5. The van der Waals surface area contributed by atoms with Gasteiger partial charge in [0.15, 0.2) is 5.65 Å². The number of nitrogens with zero attached hydrogens (tertiary/aromatic N) is 8. The number of hydrogen-bond acceptors (Lipinski definition) is 7. The van der Waals surface area contributed by atoms with Crippen LogP contribution in [0.2, 0.25) is 0 Å². The first-order chi connectivity index (χ1) is 14.7. The third-order valence-electron chi connectivity index (χ3n) is 5.67. The molecule has 0 unspecified atom stereocenters. The van der Waals surface area contributed by atoms with E-state index in [4.69, 9.17) is 0 Å². The zero-order valence-corrected chi connectivity index (χ0v) is 16.1. The van der Waals surface area contributed by atoms with Crippen molar-refractivity contribution in [3.63, 3.8) is 0 Å². The standard InChI is InChI=1S/C18H17F5N8/c19-13(20)7-31-15-11(5-26-31)25-6-14(28-15)29-4-2-17(8-29)9-30(10-17)16-24-3-1-12(27-16)18(21,22)23/h1,3,5-6,13H,2,4,7-10H2. The number of anilines is 2. The van der Waals surface area contributed by atoms with Crippen LogP contribution in [0.3, 0.4) is 0 Å². The Labute approximate surface area is 172 Å². The molecule has 2 saturated heterocycles. The van der Waals surface area contributed by atoms with Gasteiger partial charge in [-0.3, -0.25) is 0 Å². The highest BCUT2D eigenvalue weighted by Crippen LogP contribution is 2.42. The van der Waals surface area contributed by atoms with Gasteiger partial charge in [-0.2, -0.15) is 18.3 Å². The Kier molecular flexibility index (Phi) is 4.45. The second kappa shape index (κ2) is 6.95. The molecular formula is C18H17F5N8. The van der Waals surface area contributed by atoms with Crippen molar-refractivity contribution in [1.29, 1.82) is 0 Å². The van der Waals surface area contributed by atoms with Gasteiger partial charge in [0.1, 0.15) is 23.6 Å². The minimum Gasteiger partial charge on any atom is -0.355 e. The van der Waals surface area contributed by atoms with Crippen LogP contribution in [-0.2, 0) is 12.7 Å². The van der Waals surface area contributed by atoms with Crippen molar-refractivity contribution in [3.05, 3.63) is 30.4 Å². The molecule has 0 bridgehead atoms. The van der Waals surface area contributed by atoms with E-state index in [1.54, 1.807) is 11.1 Å². The maximum atomic E-state index is 12.9. The summed E-state index contributed by atoms with van der Waals surface area (Å²) in [5, 5.41) is 3.92. The zero-order valence-electron chi connectivity index (χ0n) is 16.1. The molecule has 5 heterocycles. The molecule has 13 heteroatoms. The van der Waals surface area contributed by atoms with Crippen LogP contribution in [-0.4, -0.2) is 62.3 Å². The number of rotatable bonds is 4. The van der Waals surface area contributed by atoms with E-state index in [2.05, 4.69) is 25.0 Å². The highest BCUT2D eigenvalue weighted by atomic mass is 19.4. The van der Waals surface area contributed by atoms with E-state index in [-0.39, 0.29) is 11.4 Å². The summed E-state index contributed by atoms with van der Waals surface area (Å²) in [6.45, 7) is 1.82. The van der Waals surface area contributed by atoms with E-state index in [0.717, 1.165) is 23.4 Å². The molecule has 0 radical (unpaired) electrons. The Morgan fingerprint density at radius 2 is 1.81 bits per heavy atom. The summed E-state index contributed by atoms with van der Waals surface area (Å²) < 4.78 is 65.3. The number of fused-ring (bicyclic) bond motifs is 1. The second-order valence-corrected chi connectivity index (χ2v) is 7.92. The molecule has 0 N–H and O–H groups in total. The quantitative estimate of drug-likeness (QED) is 0.578. The van der Waals surface area contributed by atoms with Gasteiger partial charge in [0.05, 0.1) is 12.4 Å². The summed E-state index contributed by atoms with van der Waals surface area (Å²) in [6, 6.07) is 0.851. The fourth-order valence-electron chi connectivity index (χ4n) is 4.21. The Balaban J connectivity index is 1.29. The van der Waals surface area contributed by atoms with Crippen molar-refractivity contribution in [2.75, 3.05) is 36.0 Å². The van der Waals surface area contributed by atoms with Crippen LogP contribution < -0.4 is 9.80 Å². The van der Waals surface area contributed by atoms with Crippen LogP contribution in [0, 0.1) is 5.41 Å². The molecule has 0 aromatic carbocycles. The van der Waals surface area contributed by atoms with E-state index >= 15 is 0 Å². The first-order valence-electron chi connectivity index (χ1n) is 9.59. The Morgan fingerprint density at radius 3 is 2.55 bits per heavy atom. The first kappa shape index (κ1) is 19.8. The highest BCUT2D eigenvalue weighted by molar-refractivity contribution is 5.71. The van der Waals surface area contributed by atoms with Gasteiger partial charge in [-0.05, 0) is 12.5 Å². The molecule has 2 fully saturated rings. The van der Waals surface area contributed by atoms with E-state index < -0.39 is 24.8 Å². The molecule has 31 heavy (non-hydrogen) atoms. The van der Waals surface area contributed by atoms with Crippen molar-refractivity contribution < 1.29 is 22.0 Å². The second-order valence-electron chi connectivity index (χ2n) is 7.92. The summed E-state index contributed by atoms with van der Waals surface area (Å²) in [4.78, 5) is 20.1. The summed E-state index contributed by atoms with van der Waals surface area (Å²) in [7, 11) is 0. The summed E-state index contributed by atoms with van der Waals surface area (Å²) in [5.74, 6) is 0.630. The molecule has 2 aliphatic rings. The maximum Gasteiger partial charge on any atom is 0.433 e. The maximum absolute atomic E-state index is 12.9. The summed E-state index contributed by atoms with van der Waals surface area (Å²) in [6.07, 6.45) is -2.15. The molecule has 3 aromatic heterocycles. The number of alkyl halides is 5. The summed E-state index contributed by atoms with van der Waals surface area (Å²) >= 11 is 0. The van der Waals surface area contributed by atoms with E-state index in [9.17, 15) is 22.0 Å². The SMILES string of the molecule is FC(F)Cn1ncc2ncc(N3CCC4(C3)CN(c3nccc(C(F)(F)F)n3)C4)nc21. The van der Waals surface area contributed by atoms with Crippen LogP contribution in [0.5, 0.6) is 0 Å². The first-order valence-corrected chi connectivity index (χ1v) is 9.59. The van der Waals surface area contributed by atoms with Crippen molar-refractivity contribution in [2.45, 2.75) is 25.6 Å². The molecule has 5 rings (SSSR count). The smallest absolute Gasteiger partial charge is 0.355 e. The molecule has 1 spiro atoms. The molecule has 164 valence electrons. The third kappa shape index (κ3) is 3.61. The molecule has 3 aromatic rings. The lowest BCUT2D eigenvalue weighted by Gasteiger charge is -2.48. The van der Waals surface area contributed by atoms with Gasteiger partial charge in [0, 0.05) is 37.8 Å². The fourth-order valence-corrected chi connectivity index (χ4v) is 4.21. The van der Waals surface area contributed by atoms with Crippen LogP contribution >= 0.6 is 0 Å². The van der Waals surface area contributed by atoms with Crippen LogP contribution in [0.25, 0.3) is 11.2 Å². The molecule has 8 nitrogen and oxygen atoms in total. The van der Waals surface area contributed by atoms with Gasteiger partial charge < -0.3 is 9.80 Å². The van der Waals surface area contributed by atoms with Gasteiger partial charge in [0.2, 0.25) is 5.95 Å². The molecular weight excluding hydrogens is 423 g/mol. The van der Waals surface area contributed by atoms with Crippen LogP contribution in [0.4, 0.5) is 33.7 Å². The fraction of sp³-hybridized carbons (Fsp3) is 0.500. The van der Waals surface area contributed by atoms with Crippen molar-refractivity contribution >= 4 is 22.9 Å². The van der Waals surface area contributed by atoms with Gasteiger partial charge in [-0.15, -0.1) is 0 Å². The molecule has 0 aliphatic carbocycles. The average Bonchev–Trinajstić information content (AvgIpc) is 3.31. The topological polar surface area (TPSA) is 75.9 Å². The Hall–Kier alpha value is -3.12. The van der Waals surface area contributed by atoms with E-state index in [0.29, 0.717) is 43.2 Å². The lowest BCUT2D eigenvalue weighted by Crippen LogP contribution is -2.58. The average molecular weight is 440 g/mol. The molecule has 2 aliphatic heterocycles. The van der Waals surface area contributed by atoms with Crippen LogP contribution in [0.15, 0.2) is 24.7 Å². The predicted molar refractivity (Wildman–Crippen MR) is 99.8 cm³/mol. The molecule has 0 amide bonds. The largest absolute Gasteiger partial charge is 0.433 e. The Morgan fingerprint density at radius 1 is 1.03 bits per heavy atom. The van der Waals surface area contributed by atoms with Crippen molar-refractivity contribution in [3.8, 4) is 0 Å². The van der Waals surface area contributed by atoms with Gasteiger partial charge in [-0.25, -0.2) is 33.4 Å². The van der Waals surface area contributed by atoms with Gasteiger partial charge >= 0.3 is 6.18 Å². The van der Waals surface area contributed by atoms with Crippen molar-refractivity contribution in [2.24, 2.45) is 5.41 Å². The predicted octanol–water partition coefficient (Wildman–Crippen LogP) is 2.62. The van der Waals surface area contributed by atoms with Gasteiger partial charge in [0.25, 0.3) is 6.43 Å². The highest BCUT2D eigenvalue weighted by Gasteiger charge is 2.49. The number of hydrogen-bond donors (Lipinski definition) is 0. The normalized spacial score (nSPS) is 18.4. The monoisotopic (exact) mass is 440 g/mol. The Bertz CT molecular complexity index is 1110. The van der Waals surface area contributed by atoms with Gasteiger partial charge in [-0.1, -0.05) is 0 Å².